The minimum absolute atomic E-state index is 0.0820. The molecule has 0 spiro atoms. The number of alkyl halides is 3. The van der Waals surface area contributed by atoms with Crippen molar-refractivity contribution in [3.8, 4) is 11.5 Å². The number of methoxy groups -OCH3 is 1. The average Bonchev–Trinajstić information content (AvgIpc) is 2.85. The van der Waals surface area contributed by atoms with Crippen LogP contribution in [0.3, 0.4) is 0 Å². The highest BCUT2D eigenvalue weighted by Crippen LogP contribution is 2.27. The molecule has 0 aliphatic carbocycles. The van der Waals surface area contributed by atoms with Gasteiger partial charge in [-0.15, -0.1) is 0 Å². The van der Waals surface area contributed by atoms with Crippen LogP contribution in [0.5, 0.6) is 11.5 Å². The van der Waals surface area contributed by atoms with E-state index in [0.717, 1.165) is 29.5 Å². The molecule has 1 heterocycles. The highest BCUT2D eigenvalue weighted by Gasteiger charge is 2.31. The number of aryl methyl sites for hydroxylation is 1. The van der Waals surface area contributed by atoms with Crippen molar-refractivity contribution in [3.05, 3.63) is 63.7 Å². The molecule has 0 bridgehead atoms. The Hall–Kier alpha value is -3.83. The van der Waals surface area contributed by atoms with Gasteiger partial charge in [-0.1, -0.05) is 12.1 Å². The van der Waals surface area contributed by atoms with Gasteiger partial charge >= 0.3 is 6.18 Å². The number of hydrogen-bond acceptors (Lipinski definition) is 6. The molecule has 9 nitrogen and oxygen atoms in total. The number of ether oxygens (including phenoxy) is 2. The van der Waals surface area contributed by atoms with E-state index >= 15 is 0 Å². The van der Waals surface area contributed by atoms with E-state index < -0.39 is 29.3 Å². The molecule has 1 aliphatic heterocycles. The smallest absolute Gasteiger partial charge is 0.422 e. The Morgan fingerprint density at radius 3 is 2.17 bits per heavy atom. The van der Waals surface area contributed by atoms with E-state index in [4.69, 9.17) is 4.74 Å². The Morgan fingerprint density at radius 2 is 1.60 bits per heavy atom. The van der Waals surface area contributed by atoms with Gasteiger partial charge in [0.15, 0.2) is 6.61 Å². The minimum atomic E-state index is -4.60. The van der Waals surface area contributed by atoms with Crippen LogP contribution in [0.4, 0.5) is 18.9 Å². The fourth-order valence-electron chi connectivity index (χ4n) is 3.63. The predicted molar refractivity (Wildman–Crippen MR) is 118 cm³/mol. The van der Waals surface area contributed by atoms with Crippen LogP contribution in [0.1, 0.15) is 22.3 Å². The Labute approximate surface area is 199 Å². The molecule has 2 aromatic rings. The largest absolute Gasteiger partial charge is 0.497 e. The molecule has 188 valence electrons. The number of carbonyl (C=O) groups excluding carboxylic acids is 2. The van der Waals surface area contributed by atoms with Crippen molar-refractivity contribution in [1.29, 1.82) is 0 Å². The minimum Gasteiger partial charge on any atom is -0.497 e. The molecular weight excluding hydrogens is 471 g/mol. The lowest BCUT2D eigenvalue weighted by atomic mass is 10.1. The van der Waals surface area contributed by atoms with E-state index in [0.29, 0.717) is 6.42 Å². The fourth-order valence-corrected chi connectivity index (χ4v) is 3.63. The standard InChI is InChI=1S/C23H24F3N3O6/c1-34-17-5-2-16(3-6-17)4-9-21(30)27-10-12-28(13-11-27)22(31)19-14-18(35-15-23(24,25)26)7-8-20(19)29(32)33/h2-3,5-8,14H,4,9-13,15H2,1H3. The third-order valence-corrected chi connectivity index (χ3v) is 5.50. The van der Waals surface area contributed by atoms with Gasteiger partial charge in [-0.2, -0.15) is 13.2 Å². The van der Waals surface area contributed by atoms with E-state index in [2.05, 4.69) is 4.74 Å². The summed E-state index contributed by atoms with van der Waals surface area (Å²) in [5, 5.41) is 11.4. The van der Waals surface area contributed by atoms with Crippen LogP contribution in [0, 0.1) is 10.1 Å². The van der Waals surface area contributed by atoms with E-state index in [1.165, 1.54) is 4.90 Å². The van der Waals surface area contributed by atoms with E-state index in [1.54, 1.807) is 12.0 Å². The Bertz CT molecular complexity index is 1070. The van der Waals surface area contributed by atoms with Crippen molar-refractivity contribution in [2.24, 2.45) is 0 Å². The van der Waals surface area contributed by atoms with Crippen LogP contribution in [-0.2, 0) is 11.2 Å². The Balaban J connectivity index is 1.59. The summed E-state index contributed by atoms with van der Waals surface area (Å²) in [4.78, 5) is 39.1. The van der Waals surface area contributed by atoms with Crippen LogP contribution in [0.25, 0.3) is 0 Å². The lowest BCUT2D eigenvalue weighted by molar-refractivity contribution is -0.385. The van der Waals surface area contributed by atoms with Crippen LogP contribution in [0.15, 0.2) is 42.5 Å². The summed E-state index contributed by atoms with van der Waals surface area (Å²) in [6.07, 6.45) is -3.77. The number of hydrogen-bond donors (Lipinski definition) is 0. The summed E-state index contributed by atoms with van der Waals surface area (Å²) >= 11 is 0. The first-order valence-corrected chi connectivity index (χ1v) is 10.8. The fraction of sp³-hybridized carbons (Fsp3) is 0.391. The van der Waals surface area contributed by atoms with Crippen molar-refractivity contribution in [2.45, 2.75) is 19.0 Å². The molecule has 3 rings (SSSR count). The topological polar surface area (TPSA) is 102 Å². The molecule has 0 unspecified atom stereocenters. The molecule has 0 aromatic heterocycles. The molecule has 0 saturated carbocycles. The quantitative estimate of drug-likeness (QED) is 0.411. The predicted octanol–water partition coefficient (Wildman–Crippen LogP) is 3.46. The lowest BCUT2D eigenvalue weighted by Gasteiger charge is -2.34. The van der Waals surface area contributed by atoms with Crippen LogP contribution in [0.2, 0.25) is 0 Å². The molecule has 2 amide bonds. The van der Waals surface area contributed by atoms with Crippen molar-refractivity contribution in [1.82, 2.24) is 9.80 Å². The van der Waals surface area contributed by atoms with Crippen molar-refractivity contribution in [2.75, 3.05) is 39.9 Å². The molecule has 12 heteroatoms. The SMILES string of the molecule is COc1ccc(CCC(=O)N2CCN(C(=O)c3cc(OCC(F)(F)F)ccc3[N+](=O)[O-])CC2)cc1. The van der Waals surface area contributed by atoms with Gasteiger partial charge in [-0.3, -0.25) is 19.7 Å². The average molecular weight is 495 g/mol. The summed E-state index contributed by atoms with van der Waals surface area (Å²) in [6.45, 7) is -0.831. The summed E-state index contributed by atoms with van der Waals surface area (Å²) < 4.78 is 47.0. The molecule has 35 heavy (non-hydrogen) atoms. The van der Waals surface area contributed by atoms with Gasteiger partial charge < -0.3 is 19.3 Å². The maximum atomic E-state index is 12.9. The second-order valence-electron chi connectivity index (χ2n) is 7.86. The number of nitro benzene ring substituents is 1. The third kappa shape index (κ3) is 7.08. The van der Waals surface area contributed by atoms with Gasteiger partial charge in [0.2, 0.25) is 5.91 Å². The normalized spacial score (nSPS) is 13.9. The second-order valence-corrected chi connectivity index (χ2v) is 7.86. The first-order valence-electron chi connectivity index (χ1n) is 10.8. The maximum Gasteiger partial charge on any atom is 0.422 e. The van der Waals surface area contributed by atoms with Gasteiger partial charge in [0, 0.05) is 38.7 Å². The van der Waals surface area contributed by atoms with Crippen LogP contribution >= 0.6 is 0 Å². The number of benzene rings is 2. The van der Waals surface area contributed by atoms with Gasteiger partial charge in [0.25, 0.3) is 11.6 Å². The van der Waals surface area contributed by atoms with E-state index in [-0.39, 0.29) is 49.8 Å². The Kier molecular flexibility index (Phi) is 8.15. The third-order valence-electron chi connectivity index (χ3n) is 5.50. The number of carbonyl (C=O) groups is 2. The molecule has 0 N–H and O–H groups in total. The first-order chi connectivity index (χ1) is 16.6. The number of piperazine rings is 1. The summed E-state index contributed by atoms with van der Waals surface area (Å²) in [5.41, 5.74) is 0.0780. The molecule has 1 aliphatic rings. The number of nitrogens with zero attached hydrogens (tertiary/aromatic N) is 3. The Morgan fingerprint density at radius 1 is 1.00 bits per heavy atom. The first kappa shape index (κ1) is 25.8. The maximum absolute atomic E-state index is 12.9. The van der Waals surface area contributed by atoms with Crippen LogP contribution < -0.4 is 9.47 Å². The van der Waals surface area contributed by atoms with Crippen LogP contribution in [-0.4, -0.2) is 72.6 Å². The zero-order valence-corrected chi connectivity index (χ0v) is 18.9. The molecule has 1 fully saturated rings. The van der Waals surface area contributed by atoms with Gasteiger partial charge in [-0.25, -0.2) is 0 Å². The molecule has 0 atom stereocenters. The van der Waals surface area contributed by atoms with Crippen molar-refractivity contribution in [3.63, 3.8) is 0 Å². The molecular formula is C23H24F3N3O6. The van der Waals surface area contributed by atoms with Gasteiger partial charge in [0.05, 0.1) is 12.0 Å². The highest BCUT2D eigenvalue weighted by atomic mass is 19.4. The second kappa shape index (κ2) is 11.1. The number of amides is 2. The summed E-state index contributed by atoms with van der Waals surface area (Å²) in [5.74, 6) is -0.372. The molecule has 1 saturated heterocycles. The van der Waals surface area contributed by atoms with E-state index in [1.807, 2.05) is 24.3 Å². The number of nitro groups is 1. The lowest BCUT2D eigenvalue weighted by Crippen LogP contribution is -2.50. The molecule has 0 radical (unpaired) electrons. The van der Waals surface area contributed by atoms with Crippen molar-refractivity contribution >= 4 is 17.5 Å². The summed E-state index contributed by atoms with van der Waals surface area (Å²) in [6, 6.07) is 10.3. The summed E-state index contributed by atoms with van der Waals surface area (Å²) in [7, 11) is 1.57. The number of rotatable bonds is 8. The molecule has 2 aromatic carbocycles. The number of halogens is 3. The van der Waals surface area contributed by atoms with Gasteiger partial charge in [-0.05, 0) is 36.2 Å². The highest BCUT2D eigenvalue weighted by molar-refractivity contribution is 5.98. The zero-order chi connectivity index (χ0) is 25.6. The zero-order valence-electron chi connectivity index (χ0n) is 18.9. The van der Waals surface area contributed by atoms with Gasteiger partial charge in [0.1, 0.15) is 17.1 Å². The van der Waals surface area contributed by atoms with E-state index in [9.17, 15) is 32.9 Å². The van der Waals surface area contributed by atoms with Crippen molar-refractivity contribution < 1.29 is 37.2 Å². The monoisotopic (exact) mass is 495 g/mol.